The van der Waals surface area contributed by atoms with Crippen LogP contribution in [-0.2, 0) is 26.4 Å². The smallest absolute Gasteiger partial charge is 0.273 e. The van der Waals surface area contributed by atoms with Crippen molar-refractivity contribution in [1.29, 1.82) is 0 Å². The molecule has 3 aromatic rings. The number of alkyl halides is 3. The van der Waals surface area contributed by atoms with Crippen molar-refractivity contribution < 1.29 is 26.4 Å². The molecule has 2 heterocycles. The Hall–Kier alpha value is -3.01. The molecule has 1 aromatic carbocycles. The number of benzene rings is 1. The number of amides is 1. The summed E-state index contributed by atoms with van der Waals surface area (Å²) in [5.41, 5.74) is -1.89. The van der Waals surface area contributed by atoms with Gasteiger partial charge in [-0.2, -0.15) is 13.2 Å². The molecule has 0 saturated heterocycles. The molecule has 1 amide bonds. The van der Waals surface area contributed by atoms with E-state index in [2.05, 4.69) is 9.97 Å². The largest absolute Gasteiger partial charge is 0.433 e. The molecule has 32 heavy (non-hydrogen) atoms. The van der Waals surface area contributed by atoms with Crippen LogP contribution in [-0.4, -0.2) is 24.3 Å². The van der Waals surface area contributed by atoms with E-state index in [1.807, 2.05) is 4.72 Å². The molecule has 0 atom stereocenters. The molecule has 2 aliphatic carbocycles. The van der Waals surface area contributed by atoms with Gasteiger partial charge >= 0.3 is 6.18 Å². The molecule has 2 saturated carbocycles. The lowest BCUT2D eigenvalue weighted by Gasteiger charge is -2.21. The highest BCUT2D eigenvalue weighted by molar-refractivity contribution is 7.90. The standard InChI is InChI=1S/C22H18F3N3O3S/c23-22(24,25)19-16(11-14(12-27-19)13-6-7-13)21(8-9-21)20(29)28-32(30,31)18-5-1-4-17-15(18)3-2-10-26-17/h1-5,10-13H,6-9H2,(H,28,29). The number of carbonyl (C=O) groups is 1. The van der Waals surface area contributed by atoms with Crippen molar-refractivity contribution in [1.82, 2.24) is 14.7 Å². The molecule has 166 valence electrons. The minimum absolute atomic E-state index is 0.115. The minimum atomic E-state index is -4.76. The molecule has 5 rings (SSSR count). The molecule has 0 radical (unpaired) electrons. The molecule has 1 N–H and O–H groups in total. The van der Waals surface area contributed by atoms with Gasteiger partial charge in [0.1, 0.15) is 5.69 Å². The summed E-state index contributed by atoms with van der Waals surface area (Å²) in [4.78, 5) is 20.7. The van der Waals surface area contributed by atoms with Crippen molar-refractivity contribution in [2.24, 2.45) is 0 Å². The maximum atomic E-state index is 13.7. The van der Waals surface area contributed by atoms with Crippen LogP contribution in [0.15, 0.2) is 53.7 Å². The summed E-state index contributed by atoms with van der Waals surface area (Å²) in [6.07, 6.45) is -0.0979. The van der Waals surface area contributed by atoms with E-state index >= 15 is 0 Å². The second kappa shape index (κ2) is 6.99. The van der Waals surface area contributed by atoms with Gasteiger partial charge in [0.15, 0.2) is 0 Å². The number of carbonyl (C=O) groups excluding carboxylic acids is 1. The summed E-state index contributed by atoms with van der Waals surface area (Å²) in [5, 5.41) is 0.313. The zero-order valence-corrected chi connectivity index (χ0v) is 17.5. The maximum Gasteiger partial charge on any atom is 0.433 e. The molecule has 0 aliphatic heterocycles. The third-order valence-electron chi connectivity index (χ3n) is 6.05. The third-order valence-corrected chi connectivity index (χ3v) is 7.44. The first kappa shape index (κ1) is 20.9. The lowest BCUT2D eigenvalue weighted by atomic mass is 9.91. The first-order chi connectivity index (χ1) is 15.1. The average molecular weight is 461 g/mol. The molecule has 10 heteroatoms. The maximum absolute atomic E-state index is 13.7. The van der Waals surface area contributed by atoms with Crippen LogP contribution in [0.4, 0.5) is 13.2 Å². The number of rotatable bonds is 5. The fourth-order valence-corrected chi connectivity index (χ4v) is 5.31. The Morgan fingerprint density at radius 3 is 2.50 bits per heavy atom. The highest BCUT2D eigenvalue weighted by Crippen LogP contribution is 2.53. The summed E-state index contributed by atoms with van der Waals surface area (Å²) in [6.45, 7) is 0. The fourth-order valence-electron chi connectivity index (χ4n) is 4.04. The SMILES string of the molecule is O=C(NS(=O)(=O)c1cccc2ncccc12)C1(c2cc(C3CC3)cnc2C(F)(F)F)CC1. The van der Waals surface area contributed by atoms with E-state index in [1.54, 1.807) is 18.2 Å². The van der Waals surface area contributed by atoms with E-state index in [1.165, 1.54) is 30.6 Å². The number of aromatic nitrogens is 2. The quantitative estimate of drug-likeness (QED) is 0.619. The number of nitrogens with one attached hydrogen (secondary N) is 1. The summed E-state index contributed by atoms with van der Waals surface area (Å²) in [7, 11) is -4.34. The van der Waals surface area contributed by atoms with Crippen molar-refractivity contribution in [2.45, 2.75) is 48.1 Å². The van der Waals surface area contributed by atoms with Crippen LogP contribution in [0, 0.1) is 0 Å². The topological polar surface area (TPSA) is 89.0 Å². The van der Waals surface area contributed by atoms with Gasteiger partial charge in [0.05, 0.1) is 15.8 Å². The van der Waals surface area contributed by atoms with Crippen LogP contribution in [0.3, 0.4) is 0 Å². The summed E-state index contributed by atoms with van der Waals surface area (Å²) < 4.78 is 69.1. The van der Waals surface area contributed by atoms with Crippen LogP contribution in [0.5, 0.6) is 0 Å². The lowest BCUT2D eigenvalue weighted by molar-refractivity contribution is -0.142. The fraction of sp³-hybridized carbons (Fsp3) is 0.318. The first-order valence-electron chi connectivity index (χ1n) is 10.1. The zero-order valence-electron chi connectivity index (χ0n) is 16.7. The van der Waals surface area contributed by atoms with Gasteiger partial charge in [-0.3, -0.25) is 14.8 Å². The average Bonchev–Trinajstić information content (AvgIpc) is 3.65. The Kier molecular flexibility index (Phi) is 4.56. The molecule has 0 spiro atoms. The van der Waals surface area contributed by atoms with Gasteiger partial charge < -0.3 is 0 Å². The highest BCUT2D eigenvalue weighted by Gasteiger charge is 2.56. The van der Waals surface area contributed by atoms with Gasteiger partial charge in [-0.15, -0.1) is 0 Å². The van der Waals surface area contributed by atoms with E-state index in [4.69, 9.17) is 0 Å². The van der Waals surface area contributed by atoms with E-state index in [9.17, 15) is 26.4 Å². The van der Waals surface area contributed by atoms with Gasteiger partial charge in [-0.1, -0.05) is 12.1 Å². The van der Waals surface area contributed by atoms with Crippen molar-refractivity contribution >= 4 is 26.8 Å². The van der Waals surface area contributed by atoms with Crippen molar-refractivity contribution in [3.05, 3.63) is 65.6 Å². The summed E-state index contributed by atoms with van der Waals surface area (Å²) in [6, 6.07) is 8.95. The Morgan fingerprint density at radius 2 is 1.84 bits per heavy atom. The molecule has 2 aliphatic rings. The normalized spacial score (nSPS) is 17.8. The highest BCUT2D eigenvalue weighted by atomic mass is 32.2. The third kappa shape index (κ3) is 3.52. The van der Waals surface area contributed by atoms with E-state index in [0.29, 0.717) is 16.5 Å². The van der Waals surface area contributed by atoms with Gasteiger partial charge in [-0.05, 0) is 67.0 Å². The Bertz CT molecular complexity index is 1340. The first-order valence-corrected chi connectivity index (χ1v) is 11.6. The number of pyridine rings is 2. The van der Waals surface area contributed by atoms with Crippen molar-refractivity contribution in [3.8, 4) is 0 Å². The number of hydrogen-bond acceptors (Lipinski definition) is 5. The van der Waals surface area contributed by atoms with Crippen LogP contribution in [0.1, 0.15) is 48.4 Å². The van der Waals surface area contributed by atoms with Gasteiger partial charge in [-0.25, -0.2) is 13.1 Å². The second-order valence-corrected chi connectivity index (χ2v) is 9.93. The Balaban J connectivity index is 1.53. The van der Waals surface area contributed by atoms with E-state index in [-0.39, 0.29) is 29.2 Å². The van der Waals surface area contributed by atoms with Gasteiger partial charge in [0, 0.05) is 17.8 Å². The molecular formula is C22H18F3N3O3S. The molecule has 2 aromatic heterocycles. The van der Waals surface area contributed by atoms with Crippen molar-refractivity contribution in [2.75, 3.05) is 0 Å². The predicted octanol–water partition coefficient (Wildman–Crippen LogP) is 4.06. The van der Waals surface area contributed by atoms with Crippen molar-refractivity contribution in [3.63, 3.8) is 0 Å². The number of hydrogen-bond donors (Lipinski definition) is 1. The zero-order chi connectivity index (χ0) is 22.7. The predicted molar refractivity (Wildman–Crippen MR) is 109 cm³/mol. The number of nitrogens with zero attached hydrogens (tertiary/aromatic N) is 2. The van der Waals surface area contributed by atoms with Crippen LogP contribution in [0.25, 0.3) is 10.9 Å². The molecule has 0 unspecified atom stereocenters. The molecular weight excluding hydrogens is 443 g/mol. The number of sulfonamides is 1. The van der Waals surface area contributed by atoms with Crippen LogP contribution < -0.4 is 4.72 Å². The number of halogens is 3. The Labute approximate surface area is 181 Å². The van der Waals surface area contributed by atoms with Crippen LogP contribution >= 0.6 is 0 Å². The second-order valence-electron chi connectivity index (χ2n) is 8.28. The van der Waals surface area contributed by atoms with Gasteiger partial charge in [0.25, 0.3) is 10.0 Å². The molecule has 0 bridgehead atoms. The van der Waals surface area contributed by atoms with E-state index < -0.39 is 33.2 Å². The minimum Gasteiger partial charge on any atom is -0.273 e. The lowest BCUT2D eigenvalue weighted by Crippen LogP contribution is -2.40. The number of fused-ring (bicyclic) bond motifs is 1. The Morgan fingerprint density at radius 1 is 1.09 bits per heavy atom. The van der Waals surface area contributed by atoms with Gasteiger partial charge in [0.2, 0.25) is 5.91 Å². The summed E-state index contributed by atoms with van der Waals surface area (Å²) in [5.74, 6) is -0.840. The monoisotopic (exact) mass is 461 g/mol. The molecule has 2 fully saturated rings. The molecule has 6 nitrogen and oxygen atoms in total. The van der Waals surface area contributed by atoms with Crippen LogP contribution in [0.2, 0.25) is 0 Å². The summed E-state index contributed by atoms with van der Waals surface area (Å²) >= 11 is 0. The van der Waals surface area contributed by atoms with E-state index in [0.717, 1.165) is 12.8 Å².